The molecule has 1 atom stereocenters. The van der Waals surface area contributed by atoms with Gasteiger partial charge in [-0.25, -0.2) is 9.69 Å². The molecule has 0 saturated carbocycles. The van der Waals surface area contributed by atoms with Gasteiger partial charge in [0.2, 0.25) is 0 Å². The van der Waals surface area contributed by atoms with E-state index in [1.807, 2.05) is 30.3 Å². The molecule has 1 aromatic heterocycles. The molecule has 2 heterocycles. The van der Waals surface area contributed by atoms with Gasteiger partial charge in [0.05, 0.1) is 29.1 Å². The van der Waals surface area contributed by atoms with Crippen LogP contribution < -0.4 is 5.01 Å². The van der Waals surface area contributed by atoms with Crippen LogP contribution in [0.3, 0.4) is 0 Å². The molecule has 31 heavy (non-hydrogen) atoms. The number of nitro benzene ring substituents is 1. The first kappa shape index (κ1) is 20.5. The van der Waals surface area contributed by atoms with Crippen LogP contribution in [0.25, 0.3) is 11.3 Å². The minimum absolute atomic E-state index is 0.0177. The Morgan fingerprint density at radius 1 is 1.16 bits per heavy atom. The Morgan fingerprint density at radius 3 is 2.58 bits per heavy atom. The number of rotatable bonds is 5. The van der Waals surface area contributed by atoms with Crippen LogP contribution >= 0.6 is 0 Å². The summed E-state index contributed by atoms with van der Waals surface area (Å²) in [5, 5.41) is 33.7. The minimum atomic E-state index is -5.07. The van der Waals surface area contributed by atoms with Gasteiger partial charge in [0, 0.05) is 24.1 Å². The third kappa shape index (κ3) is 3.84. The Kier molecular flexibility index (Phi) is 4.93. The molecule has 0 saturated heterocycles. The van der Waals surface area contributed by atoms with Crippen LogP contribution in [-0.4, -0.2) is 42.6 Å². The number of hydrogen-bond acceptors (Lipinski definition) is 7. The van der Waals surface area contributed by atoms with E-state index in [9.17, 15) is 28.4 Å². The van der Waals surface area contributed by atoms with E-state index in [1.165, 1.54) is 16.8 Å². The van der Waals surface area contributed by atoms with Crippen LogP contribution in [0.1, 0.15) is 6.42 Å². The topological polar surface area (TPSA) is 110 Å². The highest BCUT2D eigenvalue weighted by Crippen LogP contribution is 2.43. The van der Waals surface area contributed by atoms with E-state index < -0.39 is 28.9 Å². The normalized spacial score (nSPS) is 18.8. The second kappa shape index (κ2) is 7.47. The largest absolute Gasteiger partial charge is 0.438 e. The van der Waals surface area contributed by atoms with Crippen molar-refractivity contribution < 1.29 is 23.2 Å². The first-order chi connectivity index (χ1) is 14.7. The maximum Gasteiger partial charge on any atom is 0.438 e. The molecule has 9 nitrogen and oxygen atoms in total. The van der Waals surface area contributed by atoms with Gasteiger partial charge in [-0.3, -0.25) is 10.1 Å². The Bertz CT molecular complexity index is 1150. The summed E-state index contributed by atoms with van der Waals surface area (Å²) in [6.07, 6.45) is -4.36. The van der Waals surface area contributed by atoms with E-state index in [2.05, 4.69) is 15.4 Å². The van der Waals surface area contributed by atoms with Crippen LogP contribution in [0.4, 0.5) is 24.5 Å². The molecule has 160 valence electrons. The van der Waals surface area contributed by atoms with E-state index >= 15 is 0 Å². The lowest BCUT2D eigenvalue weighted by Gasteiger charge is -2.33. The van der Waals surface area contributed by atoms with Gasteiger partial charge in [0.25, 0.3) is 11.4 Å². The number of nitrogens with zero attached hydrogens (tertiary/aromatic N) is 6. The van der Waals surface area contributed by atoms with E-state index in [1.54, 1.807) is 6.20 Å². The molecule has 0 spiro atoms. The number of aromatic nitrogens is 3. The molecule has 1 N–H and O–H groups in total. The molecule has 0 amide bonds. The zero-order chi connectivity index (χ0) is 22.2. The third-order valence-corrected chi connectivity index (χ3v) is 4.73. The van der Waals surface area contributed by atoms with Crippen molar-refractivity contribution in [2.75, 3.05) is 5.01 Å². The van der Waals surface area contributed by atoms with Crippen molar-refractivity contribution in [1.29, 1.82) is 0 Å². The molecule has 0 fully saturated rings. The molecule has 4 rings (SSSR count). The summed E-state index contributed by atoms with van der Waals surface area (Å²) in [7, 11) is 0. The molecular weight excluding hydrogens is 417 g/mol. The van der Waals surface area contributed by atoms with Crippen molar-refractivity contribution in [3.63, 3.8) is 0 Å². The van der Waals surface area contributed by atoms with Crippen molar-refractivity contribution in [2.24, 2.45) is 5.10 Å². The summed E-state index contributed by atoms with van der Waals surface area (Å²) >= 11 is 0. The number of anilines is 1. The predicted molar refractivity (Wildman–Crippen MR) is 104 cm³/mol. The molecule has 0 aliphatic carbocycles. The number of benzene rings is 2. The van der Waals surface area contributed by atoms with Crippen molar-refractivity contribution in [3.05, 3.63) is 70.9 Å². The summed E-state index contributed by atoms with van der Waals surface area (Å²) < 4.78 is 42.5. The van der Waals surface area contributed by atoms with Gasteiger partial charge in [-0.15, -0.1) is 5.10 Å². The minimum Gasteiger partial charge on any atom is -0.362 e. The van der Waals surface area contributed by atoms with Gasteiger partial charge in [0.15, 0.2) is 0 Å². The number of nitro groups is 1. The quantitative estimate of drug-likeness (QED) is 0.489. The Labute approximate surface area is 173 Å². The fraction of sp³-hybridized carbons (Fsp3) is 0.211. The van der Waals surface area contributed by atoms with Crippen molar-refractivity contribution >= 4 is 17.1 Å². The molecule has 2 aromatic carbocycles. The lowest BCUT2D eigenvalue weighted by molar-refractivity contribution is -0.384. The number of hydrogen-bond donors (Lipinski definition) is 1. The van der Waals surface area contributed by atoms with E-state index in [-0.39, 0.29) is 17.9 Å². The summed E-state index contributed by atoms with van der Waals surface area (Å²) in [6.45, 7) is -0.149. The van der Waals surface area contributed by atoms with E-state index in [0.717, 1.165) is 17.7 Å². The Hall–Kier alpha value is -3.80. The molecule has 0 radical (unpaired) electrons. The molecular formula is C19H15F3N6O3. The number of alkyl halides is 3. The first-order valence-electron chi connectivity index (χ1n) is 9.03. The zero-order valence-corrected chi connectivity index (χ0v) is 15.8. The predicted octanol–water partition coefficient (Wildman–Crippen LogP) is 3.37. The summed E-state index contributed by atoms with van der Waals surface area (Å²) in [4.78, 5) is 10.3. The SMILES string of the molecule is O=[N+]([O-])c1cccc(N2N=C(Cn3cc(-c4ccccc4)nn3)CC2(O)C(F)(F)F)c1. The maximum atomic E-state index is 13.7. The van der Waals surface area contributed by atoms with E-state index in [4.69, 9.17) is 0 Å². The zero-order valence-electron chi connectivity index (χ0n) is 15.8. The summed E-state index contributed by atoms with van der Waals surface area (Å²) in [5.41, 5.74) is -2.73. The lowest BCUT2D eigenvalue weighted by Crippen LogP contribution is -2.55. The highest BCUT2D eigenvalue weighted by Gasteiger charge is 2.61. The average Bonchev–Trinajstić information content (AvgIpc) is 3.33. The fourth-order valence-corrected chi connectivity index (χ4v) is 3.24. The van der Waals surface area contributed by atoms with Gasteiger partial charge in [0.1, 0.15) is 5.69 Å². The number of aliphatic hydroxyl groups is 1. The maximum absolute atomic E-state index is 13.7. The monoisotopic (exact) mass is 432 g/mol. The van der Waals surface area contributed by atoms with Crippen LogP contribution in [0, 0.1) is 10.1 Å². The first-order valence-corrected chi connectivity index (χ1v) is 9.03. The molecule has 0 bridgehead atoms. The second-order valence-corrected chi connectivity index (χ2v) is 6.91. The Balaban J connectivity index is 1.65. The second-order valence-electron chi connectivity index (χ2n) is 6.91. The van der Waals surface area contributed by atoms with Crippen LogP contribution in [-0.2, 0) is 6.54 Å². The molecule has 1 aliphatic heterocycles. The van der Waals surface area contributed by atoms with Gasteiger partial charge >= 0.3 is 6.18 Å². The molecule has 12 heteroatoms. The smallest absolute Gasteiger partial charge is 0.362 e. The summed E-state index contributed by atoms with van der Waals surface area (Å²) in [6, 6.07) is 13.6. The average molecular weight is 432 g/mol. The number of non-ortho nitro benzene ring substituents is 1. The van der Waals surface area contributed by atoms with Gasteiger partial charge in [-0.05, 0) is 6.07 Å². The standard InChI is InChI=1S/C19H15F3N6O3/c20-19(21,22)18(29)10-14(24-27(18)15-7-4-8-16(9-15)28(30)31)11-26-12-17(23-25-26)13-5-2-1-3-6-13/h1-9,12,29H,10-11H2. The number of halogens is 3. The summed E-state index contributed by atoms with van der Waals surface area (Å²) in [5.74, 6) is 0. The van der Waals surface area contributed by atoms with Crippen LogP contribution in [0.2, 0.25) is 0 Å². The Morgan fingerprint density at radius 2 is 1.90 bits per heavy atom. The van der Waals surface area contributed by atoms with Gasteiger partial charge < -0.3 is 5.11 Å². The highest BCUT2D eigenvalue weighted by molar-refractivity contribution is 5.89. The van der Waals surface area contributed by atoms with Gasteiger partial charge in [-0.2, -0.15) is 18.3 Å². The third-order valence-electron chi connectivity index (χ3n) is 4.73. The van der Waals surface area contributed by atoms with Crippen LogP contribution in [0.15, 0.2) is 65.9 Å². The van der Waals surface area contributed by atoms with Crippen molar-refractivity contribution in [2.45, 2.75) is 24.9 Å². The molecule has 1 aliphatic rings. The van der Waals surface area contributed by atoms with Crippen LogP contribution in [0.5, 0.6) is 0 Å². The lowest BCUT2D eigenvalue weighted by atomic mass is 10.1. The fourth-order valence-electron chi connectivity index (χ4n) is 3.24. The highest BCUT2D eigenvalue weighted by atomic mass is 19.4. The molecule has 3 aromatic rings. The van der Waals surface area contributed by atoms with Crippen molar-refractivity contribution in [3.8, 4) is 11.3 Å². The molecule has 1 unspecified atom stereocenters. The van der Waals surface area contributed by atoms with Gasteiger partial charge in [-0.1, -0.05) is 41.6 Å². The van der Waals surface area contributed by atoms with E-state index in [0.29, 0.717) is 10.7 Å². The van der Waals surface area contributed by atoms with Crippen molar-refractivity contribution in [1.82, 2.24) is 15.0 Å². The number of hydrazone groups is 1.